The summed E-state index contributed by atoms with van der Waals surface area (Å²) in [5, 5.41) is 6.59. The van der Waals surface area contributed by atoms with Gasteiger partial charge in [0.25, 0.3) is 0 Å². The number of benzene rings is 2. The van der Waals surface area contributed by atoms with Gasteiger partial charge in [-0.05, 0) is 50.1 Å². The fourth-order valence-corrected chi connectivity index (χ4v) is 3.02. The molecule has 2 aromatic carbocycles. The van der Waals surface area contributed by atoms with Crippen molar-refractivity contribution in [3.05, 3.63) is 59.3 Å². The number of anilines is 4. The molecule has 0 saturated carbocycles. The average Bonchev–Trinajstić information content (AvgIpc) is 2.65. The molecule has 0 fully saturated rings. The van der Waals surface area contributed by atoms with Gasteiger partial charge in [-0.3, -0.25) is 0 Å². The van der Waals surface area contributed by atoms with Crippen LogP contribution in [0.4, 0.5) is 23.1 Å². The van der Waals surface area contributed by atoms with E-state index in [0.29, 0.717) is 11.7 Å². The van der Waals surface area contributed by atoms with Crippen LogP contribution >= 0.6 is 0 Å². The predicted octanol–water partition coefficient (Wildman–Crippen LogP) is 4.91. The number of ether oxygens (including phenoxy) is 2. The Morgan fingerprint density at radius 1 is 0.852 bits per heavy atom. The first-order valence-electron chi connectivity index (χ1n) is 8.67. The van der Waals surface area contributed by atoms with Crippen LogP contribution in [0.25, 0.3) is 0 Å². The lowest BCUT2D eigenvalue weighted by atomic mass is 10.1. The highest BCUT2D eigenvalue weighted by atomic mass is 16.5. The third kappa shape index (κ3) is 4.28. The van der Waals surface area contributed by atoms with Crippen LogP contribution in [0.15, 0.2) is 42.6 Å². The monoisotopic (exact) mass is 364 g/mol. The molecule has 0 radical (unpaired) electrons. The zero-order valence-electron chi connectivity index (χ0n) is 16.3. The van der Waals surface area contributed by atoms with Gasteiger partial charge < -0.3 is 20.1 Å². The fraction of sp³-hybridized carbons (Fsp3) is 0.238. The average molecular weight is 364 g/mol. The molecule has 0 aliphatic carbocycles. The van der Waals surface area contributed by atoms with E-state index in [1.165, 1.54) is 16.7 Å². The highest BCUT2D eigenvalue weighted by Crippen LogP contribution is 2.31. The second-order valence-corrected chi connectivity index (χ2v) is 6.36. The normalized spacial score (nSPS) is 10.4. The van der Waals surface area contributed by atoms with E-state index in [-0.39, 0.29) is 0 Å². The van der Waals surface area contributed by atoms with Crippen LogP contribution in [0.5, 0.6) is 11.5 Å². The Hall–Kier alpha value is -3.28. The zero-order valence-corrected chi connectivity index (χ0v) is 16.3. The predicted molar refractivity (Wildman–Crippen MR) is 109 cm³/mol. The first kappa shape index (κ1) is 18.5. The molecule has 0 aliphatic rings. The molecule has 0 amide bonds. The van der Waals surface area contributed by atoms with Crippen LogP contribution in [0, 0.1) is 20.8 Å². The lowest BCUT2D eigenvalue weighted by Gasteiger charge is -2.15. The molecule has 1 aromatic heterocycles. The molecule has 140 valence electrons. The Bertz CT molecular complexity index is 934. The van der Waals surface area contributed by atoms with Gasteiger partial charge in [0.05, 0.1) is 19.9 Å². The van der Waals surface area contributed by atoms with E-state index in [1.54, 1.807) is 20.4 Å². The van der Waals surface area contributed by atoms with Gasteiger partial charge in [-0.1, -0.05) is 17.7 Å². The highest BCUT2D eigenvalue weighted by Gasteiger charge is 2.09. The lowest BCUT2D eigenvalue weighted by Crippen LogP contribution is -2.03. The van der Waals surface area contributed by atoms with E-state index < -0.39 is 0 Å². The van der Waals surface area contributed by atoms with Gasteiger partial charge in [0.15, 0.2) is 0 Å². The van der Waals surface area contributed by atoms with Crippen LogP contribution in [-0.2, 0) is 0 Å². The van der Waals surface area contributed by atoms with E-state index >= 15 is 0 Å². The largest absolute Gasteiger partial charge is 0.497 e. The maximum atomic E-state index is 5.41. The molecule has 0 aliphatic heterocycles. The molecule has 0 unspecified atom stereocenters. The second-order valence-electron chi connectivity index (χ2n) is 6.36. The molecule has 0 atom stereocenters. The summed E-state index contributed by atoms with van der Waals surface area (Å²) in [6.07, 6.45) is 1.71. The van der Waals surface area contributed by atoms with Crippen molar-refractivity contribution in [2.45, 2.75) is 20.8 Å². The summed E-state index contributed by atoms with van der Waals surface area (Å²) in [5.74, 6) is 2.57. The van der Waals surface area contributed by atoms with Gasteiger partial charge in [0, 0.05) is 18.0 Å². The van der Waals surface area contributed by atoms with Crippen LogP contribution in [0.3, 0.4) is 0 Å². The van der Waals surface area contributed by atoms with Crippen molar-refractivity contribution in [2.75, 3.05) is 24.9 Å². The van der Waals surface area contributed by atoms with Crippen molar-refractivity contribution in [1.82, 2.24) is 9.97 Å². The highest BCUT2D eigenvalue weighted by molar-refractivity contribution is 5.68. The Balaban J connectivity index is 1.85. The first-order valence-corrected chi connectivity index (χ1v) is 8.67. The minimum atomic E-state index is 0.478. The molecule has 3 aromatic rings. The maximum Gasteiger partial charge on any atom is 0.229 e. The van der Waals surface area contributed by atoms with Crippen molar-refractivity contribution < 1.29 is 9.47 Å². The summed E-state index contributed by atoms with van der Waals surface area (Å²) in [6, 6.07) is 11.7. The van der Waals surface area contributed by atoms with Crippen LogP contribution in [-0.4, -0.2) is 24.2 Å². The molecule has 6 heteroatoms. The quantitative estimate of drug-likeness (QED) is 0.648. The molecule has 0 bridgehead atoms. The number of nitrogens with zero attached hydrogens (tertiary/aromatic N) is 2. The lowest BCUT2D eigenvalue weighted by molar-refractivity contribution is 0.395. The second kappa shape index (κ2) is 7.95. The summed E-state index contributed by atoms with van der Waals surface area (Å²) in [5.41, 5.74) is 5.42. The van der Waals surface area contributed by atoms with E-state index in [9.17, 15) is 0 Å². The van der Waals surface area contributed by atoms with E-state index in [1.807, 2.05) is 24.3 Å². The SMILES string of the molecule is COc1ccc(Nc2nccc(Nc3c(C)cc(C)cc3C)n2)c(OC)c1. The van der Waals surface area contributed by atoms with Crippen molar-refractivity contribution >= 4 is 23.1 Å². The Labute approximate surface area is 159 Å². The van der Waals surface area contributed by atoms with Gasteiger partial charge in [-0.2, -0.15) is 4.98 Å². The Morgan fingerprint density at radius 2 is 1.59 bits per heavy atom. The number of nitrogens with one attached hydrogen (secondary N) is 2. The summed E-state index contributed by atoms with van der Waals surface area (Å²) in [7, 11) is 3.23. The van der Waals surface area contributed by atoms with Crippen molar-refractivity contribution in [1.29, 1.82) is 0 Å². The van der Waals surface area contributed by atoms with Crippen LogP contribution < -0.4 is 20.1 Å². The standard InChI is InChI=1S/C21H24N4O2/c1-13-10-14(2)20(15(3)11-13)24-19-8-9-22-21(25-19)23-17-7-6-16(26-4)12-18(17)27-5/h6-12H,1-5H3,(H2,22,23,24,25). The first-order chi connectivity index (χ1) is 13.0. The molecule has 2 N–H and O–H groups in total. The molecule has 27 heavy (non-hydrogen) atoms. The van der Waals surface area contributed by atoms with Crippen LogP contribution in [0.1, 0.15) is 16.7 Å². The summed E-state index contributed by atoms with van der Waals surface area (Å²) < 4.78 is 10.6. The third-order valence-electron chi connectivity index (χ3n) is 4.24. The van der Waals surface area contributed by atoms with Crippen molar-refractivity contribution in [2.24, 2.45) is 0 Å². The molecule has 3 rings (SSSR count). The third-order valence-corrected chi connectivity index (χ3v) is 4.24. The van der Waals surface area contributed by atoms with E-state index in [4.69, 9.17) is 9.47 Å². The molecule has 0 saturated heterocycles. The Morgan fingerprint density at radius 3 is 2.26 bits per heavy atom. The molecule has 6 nitrogen and oxygen atoms in total. The minimum absolute atomic E-state index is 0.478. The van der Waals surface area contributed by atoms with Gasteiger partial charge in [0.2, 0.25) is 5.95 Å². The topological polar surface area (TPSA) is 68.3 Å². The number of aromatic nitrogens is 2. The van der Waals surface area contributed by atoms with Gasteiger partial charge >= 0.3 is 0 Å². The van der Waals surface area contributed by atoms with Gasteiger partial charge in [-0.15, -0.1) is 0 Å². The number of rotatable bonds is 6. The fourth-order valence-electron chi connectivity index (χ4n) is 3.02. The van der Waals surface area contributed by atoms with Crippen LogP contribution in [0.2, 0.25) is 0 Å². The van der Waals surface area contributed by atoms with E-state index in [0.717, 1.165) is 22.9 Å². The number of aryl methyl sites for hydroxylation is 3. The molecule has 1 heterocycles. The van der Waals surface area contributed by atoms with Gasteiger partial charge in [0.1, 0.15) is 17.3 Å². The summed E-state index contributed by atoms with van der Waals surface area (Å²) in [6.45, 7) is 6.27. The zero-order chi connectivity index (χ0) is 19.4. The molecule has 0 spiro atoms. The number of hydrogen-bond donors (Lipinski definition) is 2. The van der Waals surface area contributed by atoms with Crippen molar-refractivity contribution in [3.63, 3.8) is 0 Å². The summed E-state index contributed by atoms with van der Waals surface area (Å²) in [4.78, 5) is 8.87. The van der Waals surface area contributed by atoms with E-state index in [2.05, 4.69) is 53.5 Å². The molecular weight excluding hydrogens is 340 g/mol. The smallest absolute Gasteiger partial charge is 0.229 e. The minimum Gasteiger partial charge on any atom is -0.497 e. The Kier molecular flexibility index (Phi) is 5.45. The summed E-state index contributed by atoms with van der Waals surface area (Å²) >= 11 is 0. The number of hydrogen-bond acceptors (Lipinski definition) is 6. The number of methoxy groups -OCH3 is 2. The van der Waals surface area contributed by atoms with Crippen molar-refractivity contribution in [3.8, 4) is 11.5 Å². The maximum absolute atomic E-state index is 5.41. The molecular formula is C21H24N4O2. The van der Waals surface area contributed by atoms with Gasteiger partial charge in [-0.25, -0.2) is 4.98 Å².